The molecule has 2 atom stereocenters. The summed E-state index contributed by atoms with van der Waals surface area (Å²) >= 11 is 1.60. The second-order valence-electron chi connectivity index (χ2n) is 5.98. The molecule has 2 N–H and O–H groups in total. The third-order valence-corrected chi connectivity index (χ3v) is 5.63. The van der Waals surface area contributed by atoms with Crippen molar-refractivity contribution in [1.29, 1.82) is 0 Å². The Morgan fingerprint density at radius 2 is 2.29 bits per heavy atom. The van der Waals surface area contributed by atoms with Crippen LogP contribution in [0.15, 0.2) is 11.7 Å². The van der Waals surface area contributed by atoms with Gasteiger partial charge in [0, 0.05) is 6.04 Å². The maximum atomic E-state index is 11.7. The monoisotopic (exact) mass is 305 g/mol. The lowest BCUT2D eigenvalue weighted by Crippen LogP contribution is -2.46. The van der Waals surface area contributed by atoms with Crippen LogP contribution < -0.4 is 5.32 Å². The number of aromatic nitrogens is 2. The van der Waals surface area contributed by atoms with Crippen molar-refractivity contribution in [3.63, 3.8) is 0 Å². The summed E-state index contributed by atoms with van der Waals surface area (Å²) in [5.74, 6) is 0.0323. The van der Waals surface area contributed by atoms with Crippen LogP contribution in [-0.4, -0.2) is 27.1 Å². The van der Waals surface area contributed by atoms with Crippen molar-refractivity contribution in [2.24, 2.45) is 5.41 Å². The summed E-state index contributed by atoms with van der Waals surface area (Å²) in [7, 11) is 0. The quantitative estimate of drug-likeness (QED) is 0.908. The number of anilines is 1. The van der Waals surface area contributed by atoms with Gasteiger partial charge in [-0.3, -0.25) is 4.79 Å². The lowest BCUT2D eigenvalue weighted by molar-refractivity contribution is -0.150. The Labute approximate surface area is 127 Å². The van der Waals surface area contributed by atoms with Crippen LogP contribution in [0.2, 0.25) is 0 Å². The number of carboxylic acids is 1. The highest BCUT2D eigenvalue weighted by Crippen LogP contribution is 2.39. The summed E-state index contributed by atoms with van der Waals surface area (Å²) in [6, 6.07) is -0.0933. The number of hydrogen-bond donors (Lipinski definition) is 2. The fourth-order valence-corrected chi connectivity index (χ4v) is 4.01. The van der Waals surface area contributed by atoms with Crippen molar-refractivity contribution in [2.45, 2.75) is 45.6 Å². The van der Waals surface area contributed by atoms with Crippen LogP contribution in [0.25, 0.3) is 10.2 Å². The van der Waals surface area contributed by atoms with Gasteiger partial charge in [0.1, 0.15) is 12.1 Å². The van der Waals surface area contributed by atoms with Gasteiger partial charge in [-0.15, -0.1) is 11.3 Å². The molecule has 0 saturated heterocycles. The molecule has 2 unspecified atom stereocenters. The number of rotatable bonds is 3. The zero-order valence-corrected chi connectivity index (χ0v) is 13.0. The fraction of sp³-hybridized carbons (Fsp3) is 0.533. The van der Waals surface area contributed by atoms with Crippen LogP contribution in [0, 0.1) is 12.3 Å². The third kappa shape index (κ3) is 2.37. The molecule has 21 heavy (non-hydrogen) atoms. The van der Waals surface area contributed by atoms with E-state index in [-0.39, 0.29) is 6.04 Å². The summed E-state index contributed by atoms with van der Waals surface area (Å²) in [4.78, 5) is 20.3. The lowest BCUT2D eigenvalue weighted by atomic mass is 9.71. The Hall–Kier alpha value is -1.69. The number of thiophene rings is 1. The molecule has 1 aliphatic rings. The summed E-state index contributed by atoms with van der Waals surface area (Å²) in [6.07, 6.45) is 5.14. The van der Waals surface area contributed by atoms with E-state index in [4.69, 9.17) is 0 Å². The van der Waals surface area contributed by atoms with Gasteiger partial charge in [0.05, 0.1) is 15.6 Å². The van der Waals surface area contributed by atoms with Gasteiger partial charge in [0.15, 0.2) is 0 Å². The normalized spacial score (nSPS) is 25.9. The van der Waals surface area contributed by atoms with Crippen molar-refractivity contribution in [3.8, 4) is 0 Å². The Morgan fingerprint density at radius 1 is 1.48 bits per heavy atom. The molecule has 0 aliphatic heterocycles. The molecule has 0 spiro atoms. The molecule has 1 aliphatic carbocycles. The number of aryl methyl sites for hydroxylation is 1. The van der Waals surface area contributed by atoms with E-state index in [1.807, 2.05) is 13.8 Å². The number of hydrogen-bond acceptors (Lipinski definition) is 5. The minimum atomic E-state index is -0.734. The molecule has 0 amide bonds. The minimum absolute atomic E-state index is 0.0933. The second kappa shape index (κ2) is 5.26. The van der Waals surface area contributed by atoms with Crippen molar-refractivity contribution in [3.05, 3.63) is 17.3 Å². The van der Waals surface area contributed by atoms with Gasteiger partial charge in [-0.1, -0.05) is 12.8 Å². The molecule has 1 saturated carbocycles. The van der Waals surface area contributed by atoms with E-state index in [2.05, 4.69) is 20.7 Å². The number of aliphatic carboxylic acids is 1. The lowest BCUT2D eigenvalue weighted by Gasteiger charge is -2.38. The first-order chi connectivity index (χ1) is 10.0. The predicted octanol–water partition coefficient (Wildman–Crippen LogP) is 3.45. The van der Waals surface area contributed by atoms with Gasteiger partial charge in [0.25, 0.3) is 0 Å². The molecular formula is C15H19N3O2S. The highest BCUT2D eigenvalue weighted by Gasteiger charge is 2.43. The first-order valence-corrected chi connectivity index (χ1v) is 8.09. The molecule has 3 rings (SSSR count). The van der Waals surface area contributed by atoms with E-state index < -0.39 is 11.4 Å². The highest BCUT2D eigenvalue weighted by molar-refractivity contribution is 7.18. The number of nitrogens with zero attached hydrogens (tertiary/aromatic N) is 2. The first kappa shape index (κ1) is 14.3. The van der Waals surface area contributed by atoms with Crippen molar-refractivity contribution >= 4 is 33.3 Å². The molecule has 0 bridgehead atoms. The smallest absolute Gasteiger partial charge is 0.311 e. The van der Waals surface area contributed by atoms with Crippen LogP contribution in [0.1, 0.15) is 38.2 Å². The molecule has 1 fully saturated rings. The van der Waals surface area contributed by atoms with E-state index in [9.17, 15) is 9.90 Å². The Bertz CT molecular complexity index is 685. The molecule has 2 heterocycles. The van der Waals surface area contributed by atoms with Crippen molar-refractivity contribution in [1.82, 2.24) is 9.97 Å². The SMILES string of the molecule is Cc1csc2c(NC3CCCCC3(C)C(=O)O)ncnc12. The van der Waals surface area contributed by atoms with Crippen molar-refractivity contribution in [2.75, 3.05) is 5.32 Å². The van der Waals surface area contributed by atoms with Gasteiger partial charge in [-0.2, -0.15) is 0 Å². The molecular weight excluding hydrogens is 286 g/mol. The van der Waals surface area contributed by atoms with Crippen LogP contribution in [0.3, 0.4) is 0 Å². The average molecular weight is 305 g/mol. The molecule has 0 aromatic carbocycles. The Balaban J connectivity index is 1.95. The van der Waals surface area contributed by atoms with Crippen LogP contribution in [0.5, 0.6) is 0 Å². The maximum Gasteiger partial charge on any atom is 0.311 e. The van der Waals surface area contributed by atoms with Crippen LogP contribution in [-0.2, 0) is 4.79 Å². The van der Waals surface area contributed by atoms with Gasteiger partial charge >= 0.3 is 5.97 Å². The summed E-state index contributed by atoms with van der Waals surface area (Å²) in [5.41, 5.74) is 1.34. The Kier molecular flexibility index (Phi) is 3.57. The second-order valence-corrected chi connectivity index (χ2v) is 6.86. The number of carboxylic acid groups (broad SMARTS) is 1. The van der Waals surface area contributed by atoms with E-state index >= 15 is 0 Å². The average Bonchev–Trinajstić information content (AvgIpc) is 2.84. The standard InChI is InChI=1S/C15H19N3O2S/c1-9-7-21-12-11(9)16-8-17-13(12)18-10-5-3-4-6-15(10,2)14(19)20/h7-8,10H,3-6H2,1-2H3,(H,19,20)(H,16,17,18). The zero-order chi connectivity index (χ0) is 15.0. The Morgan fingerprint density at radius 3 is 3.05 bits per heavy atom. The fourth-order valence-electron chi connectivity index (χ4n) is 3.06. The highest BCUT2D eigenvalue weighted by atomic mass is 32.1. The van der Waals surface area contributed by atoms with E-state index in [0.717, 1.165) is 40.9 Å². The molecule has 112 valence electrons. The summed E-state index contributed by atoms with van der Waals surface area (Å²) in [6.45, 7) is 3.86. The van der Waals surface area contributed by atoms with E-state index in [0.29, 0.717) is 6.42 Å². The number of fused-ring (bicyclic) bond motifs is 1. The predicted molar refractivity (Wildman–Crippen MR) is 83.8 cm³/mol. The number of carbonyl (C=O) groups is 1. The zero-order valence-electron chi connectivity index (χ0n) is 12.2. The van der Waals surface area contributed by atoms with Gasteiger partial charge < -0.3 is 10.4 Å². The van der Waals surface area contributed by atoms with Gasteiger partial charge in [-0.25, -0.2) is 9.97 Å². The number of nitrogens with one attached hydrogen (secondary N) is 1. The molecule has 5 nitrogen and oxygen atoms in total. The summed E-state index contributed by atoms with van der Waals surface area (Å²) < 4.78 is 1.01. The van der Waals surface area contributed by atoms with E-state index in [1.54, 1.807) is 17.7 Å². The van der Waals surface area contributed by atoms with Gasteiger partial charge in [-0.05, 0) is 37.6 Å². The minimum Gasteiger partial charge on any atom is -0.481 e. The van der Waals surface area contributed by atoms with Crippen molar-refractivity contribution < 1.29 is 9.90 Å². The molecule has 0 radical (unpaired) electrons. The molecule has 2 aromatic rings. The van der Waals surface area contributed by atoms with Gasteiger partial charge in [0.2, 0.25) is 0 Å². The molecule has 6 heteroatoms. The van der Waals surface area contributed by atoms with E-state index in [1.165, 1.54) is 0 Å². The first-order valence-electron chi connectivity index (χ1n) is 7.21. The largest absolute Gasteiger partial charge is 0.481 e. The topological polar surface area (TPSA) is 75.1 Å². The molecule has 2 aromatic heterocycles. The third-order valence-electron chi connectivity index (χ3n) is 4.54. The van der Waals surface area contributed by atoms with Crippen LogP contribution >= 0.6 is 11.3 Å². The summed E-state index contributed by atoms with van der Waals surface area (Å²) in [5, 5.41) is 15.0. The maximum absolute atomic E-state index is 11.7. The van der Waals surface area contributed by atoms with Crippen LogP contribution in [0.4, 0.5) is 5.82 Å².